The maximum Gasteiger partial charge on any atom is 0.294 e. The first-order chi connectivity index (χ1) is 8.65. The largest absolute Gasteiger partial charge is 0.395 e. The Balaban J connectivity index is 2.41. The number of halogens is 1. The fourth-order valence-corrected chi connectivity index (χ4v) is 2.50. The zero-order valence-electron chi connectivity index (χ0n) is 9.88. The van der Waals surface area contributed by atoms with Crippen molar-refractivity contribution in [1.29, 1.82) is 0 Å². The molecule has 0 heterocycles. The second-order valence-corrected chi connectivity index (χ2v) is 4.77. The normalized spacial score (nSPS) is 15.2. The molecular weight excluding hydrogens is 256 g/mol. The number of nitro groups is 1. The number of nitro benzene ring substituents is 1. The third-order valence-corrected chi connectivity index (χ3v) is 3.61. The van der Waals surface area contributed by atoms with Crippen molar-refractivity contribution < 1.29 is 10.0 Å². The number of aliphatic hydroxyl groups is 1. The quantitative estimate of drug-likeness (QED) is 0.660. The first kappa shape index (κ1) is 13.1. The molecule has 1 aromatic rings. The number of aliphatic hydroxyl groups excluding tert-OH is 1. The summed E-state index contributed by atoms with van der Waals surface area (Å²) in [5, 5.41) is 20.6. The Labute approximate surface area is 110 Å². The van der Waals surface area contributed by atoms with Crippen molar-refractivity contribution in [3.05, 3.63) is 33.3 Å². The summed E-state index contributed by atoms with van der Waals surface area (Å²) in [5.74, 6) is 0. The standard InChI is InChI=1S/C12H15ClN2O3/c13-10-5-2-6-11(15(17)18)12(10)14(7-8-16)9-3-1-4-9/h2,5-6,9,16H,1,3-4,7-8H2. The number of benzene rings is 1. The minimum Gasteiger partial charge on any atom is -0.395 e. The van der Waals surface area contributed by atoms with Crippen molar-refractivity contribution in [3.63, 3.8) is 0 Å². The summed E-state index contributed by atoms with van der Waals surface area (Å²) < 4.78 is 0. The van der Waals surface area contributed by atoms with Gasteiger partial charge in [-0.05, 0) is 25.3 Å². The number of nitrogens with zero attached hydrogens (tertiary/aromatic N) is 2. The second kappa shape index (κ2) is 5.54. The van der Waals surface area contributed by atoms with Crippen LogP contribution in [0.25, 0.3) is 0 Å². The molecule has 1 N–H and O–H groups in total. The van der Waals surface area contributed by atoms with Gasteiger partial charge < -0.3 is 10.0 Å². The van der Waals surface area contributed by atoms with Gasteiger partial charge in [0.15, 0.2) is 0 Å². The Bertz CT molecular complexity index is 449. The molecule has 5 nitrogen and oxygen atoms in total. The maximum atomic E-state index is 11.1. The van der Waals surface area contributed by atoms with Crippen molar-refractivity contribution in [2.45, 2.75) is 25.3 Å². The third kappa shape index (κ3) is 2.42. The van der Waals surface area contributed by atoms with Gasteiger partial charge in [0.1, 0.15) is 5.69 Å². The molecule has 0 aliphatic heterocycles. The highest BCUT2D eigenvalue weighted by molar-refractivity contribution is 6.33. The lowest BCUT2D eigenvalue weighted by Gasteiger charge is -2.38. The van der Waals surface area contributed by atoms with Crippen LogP contribution < -0.4 is 4.90 Å². The number of para-hydroxylation sites is 1. The van der Waals surface area contributed by atoms with Crippen molar-refractivity contribution in [3.8, 4) is 0 Å². The number of hydrogen-bond acceptors (Lipinski definition) is 4. The Kier molecular flexibility index (Phi) is 4.04. The first-order valence-corrected chi connectivity index (χ1v) is 6.33. The minimum atomic E-state index is -0.426. The van der Waals surface area contributed by atoms with E-state index >= 15 is 0 Å². The Morgan fingerprint density at radius 1 is 1.50 bits per heavy atom. The van der Waals surface area contributed by atoms with Crippen LogP contribution in [-0.2, 0) is 0 Å². The van der Waals surface area contributed by atoms with Crippen molar-refractivity contribution in [1.82, 2.24) is 0 Å². The Morgan fingerprint density at radius 2 is 2.22 bits per heavy atom. The molecule has 6 heteroatoms. The molecule has 0 unspecified atom stereocenters. The zero-order valence-corrected chi connectivity index (χ0v) is 10.6. The lowest BCUT2D eigenvalue weighted by molar-refractivity contribution is -0.384. The monoisotopic (exact) mass is 270 g/mol. The van der Waals surface area contributed by atoms with E-state index in [0.717, 1.165) is 19.3 Å². The Hall–Kier alpha value is -1.33. The van der Waals surface area contributed by atoms with Gasteiger partial charge in [-0.1, -0.05) is 17.7 Å². The van der Waals surface area contributed by atoms with Crippen LogP contribution >= 0.6 is 11.6 Å². The van der Waals surface area contributed by atoms with Crippen LogP contribution in [0.3, 0.4) is 0 Å². The highest BCUT2D eigenvalue weighted by atomic mass is 35.5. The summed E-state index contributed by atoms with van der Waals surface area (Å²) in [4.78, 5) is 12.5. The van der Waals surface area contributed by atoms with Gasteiger partial charge in [0.05, 0.1) is 16.6 Å². The summed E-state index contributed by atoms with van der Waals surface area (Å²) in [5.41, 5.74) is 0.436. The van der Waals surface area contributed by atoms with Gasteiger partial charge in [-0.15, -0.1) is 0 Å². The molecule has 1 fully saturated rings. The fourth-order valence-electron chi connectivity index (χ4n) is 2.22. The van der Waals surface area contributed by atoms with E-state index in [1.54, 1.807) is 12.1 Å². The predicted octanol–water partition coefficient (Wildman–Crippen LogP) is 2.60. The van der Waals surface area contributed by atoms with Gasteiger partial charge in [-0.25, -0.2) is 0 Å². The fraction of sp³-hybridized carbons (Fsp3) is 0.500. The molecule has 0 bridgehead atoms. The van der Waals surface area contributed by atoms with Gasteiger partial charge in [-0.2, -0.15) is 0 Å². The van der Waals surface area contributed by atoms with E-state index in [4.69, 9.17) is 16.7 Å². The van der Waals surface area contributed by atoms with Crippen LogP contribution in [-0.4, -0.2) is 29.2 Å². The molecule has 1 saturated carbocycles. The number of rotatable bonds is 5. The van der Waals surface area contributed by atoms with Crippen LogP contribution in [0.2, 0.25) is 5.02 Å². The van der Waals surface area contributed by atoms with Crippen molar-refractivity contribution in [2.75, 3.05) is 18.1 Å². The molecule has 0 radical (unpaired) electrons. The first-order valence-electron chi connectivity index (χ1n) is 5.95. The molecule has 1 aliphatic carbocycles. The van der Waals surface area contributed by atoms with E-state index in [-0.39, 0.29) is 18.3 Å². The molecule has 18 heavy (non-hydrogen) atoms. The van der Waals surface area contributed by atoms with E-state index in [1.807, 2.05) is 4.90 Å². The molecule has 0 aromatic heterocycles. The van der Waals surface area contributed by atoms with E-state index in [1.165, 1.54) is 6.07 Å². The summed E-state index contributed by atoms with van der Waals surface area (Å²) in [6.07, 6.45) is 3.09. The van der Waals surface area contributed by atoms with Gasteiger partial charge in [-0.3, -0.25) is 10.1 Å². The molecule has 1 aliphatic rings. The predicted molar refractivity (Wildman–Crippen MR) is 70.2 cm³/mol. The van der Waals surface area contributed by atoms with E-state index < -0.39 is 4.92 Å². The summed E-state index contributed by atoms with van der Waals surface area (Å²) >= 11 is 6.10. The second-order valence-electron chi connectivity index (χ2n) is 4.37. The van der Waals surface area contributed by atoms with Crippen LogP contribution in [0.4, 0.5) is 11.4 Å². The van der Waals surface area contributed by atoms with Crippen LogP contribution in [0.15, 0.2) is 18.2 Å². The van der Waals surface area contributed by atoms with Gasteiger partial charge >= 0.3 is 0 Å². The molecule has 1 aromatic carbocycles. The summed E-state index contributed by atoms with van der Waals surface area (Å²) in [6.45, 7) is 0.327. The SMILES string of the molecule is O=[N+]([O-])c1cccc(Cl)c1N(CCO)C1CCC1. The lowest BCUT2D eigenvalue weighted by atomic mass is 9.91. The van der Waals surface area contributed by atoms with Gasteiger partial charge in [0.25, 0.3) is 5.69 Å². The topological polar surface area (TPSA) is 66.6 Å². The molecular formula is C12H15ClN2O3. The average molecular weight is 271 g/mol. The van der Waals surface area contributed by atoms with Crippen molar-refractivity contribution >= 4 is 23.0 Å². The highest BCUT2D eigenvalue weighted by Gasteiger charge is 2.30. The molecule has 0 atom stereocenters. The van der Waals surface area contributed by atoms with Crippen molar-refractivity contribution in [2.24, 2.45) is 0 Å². The summed E-state index contributed by atoms with van der Waals surface area (Å²) in [7, 11) is 0. The zero-order chi connectivity index (χ0) is 13.1. The lowest BCUT2D eigenvalue weighted by Crippen LogP contribution is -2.42. The number of anilines is 1. The van der Waals surface area contributed by atoms with Crippen LogP contribution in [0.1, 0.15) is 19.3 Å². The Morgan fingerprint density at radius 3 is 2.72 bits per heavy atom. The highest BCUT2D eigenvalue weighted by Crippen LogP contribution is 2.39. The van der Waals surface area contributed by atoms with E-state index in [2.05, 4.69) is 0 Å². The van der Waals surface area contributed by atoms with E-state index in [9.17, 15) is 10.1 Å². The molecule has 98 valence electrons. The van der Waals surface area contributed by atoms with Gasteiger partial charge in [0.2, 0.25) is 0 Å². The molecule has 2 rings (SSSR count). The average Bonchev–Trinajstić information content (AvgIpc) is 2.25. The minimum absolute atomic E-state index is 0.00264. The smallest absolute Gasteiger partial charge is 0.294 e. The molecule has 0 saturated heterocycles. The number of hydrogen-bond donors (Lipinski definition) is 1. The maximum absolute atomic E-state index is 11.1. The van der Waals surface area contributed by atoms with Crippen LogP contribution in [0.5, 0.6) is 0 Å². The van der Waals surface area contributed by atoms with Gasteiger partial charge in [0, 0.05) is 18.7 Å². The molecule has 0 spiro atoms. The third-order valence-electron chi connectivity index (χ3n) is 3.31. The summed E-state index contributed by atoms with van der Waals surface area (Å²) in [6, 6.07) is 4.91. The van der Waals surface area contributed by atoms with Crippen LogP contribution in [0, 0.1) is 10.1 Å². The van der Waals surface area contributed by atoms with E-state index in [0.29, 0.717) is 17.3 Å². The molecule has 0 amide bonds.